The van der Waals surface area contributed by atoms with E-state index in [9.17, 15) is 8.42 Å². The fraction of sp³-hybridized carbons (Fsp3) is 0.385. The molecule has 0 unspecified atom stereocenters. The number of para-hydroxylation sites is 1. The van der Waals surface area contributed by atoms with Crippen LogP contribution in [0.1, 0.15) is 11.7 Å². The van der Waals surface area contributed by atoms with Crippen LogP contribution in [-0.2, 0) is 16.4 Å². The zero-order valence-corrected chi connectivity index (χ0v) is 13.0. The van der Waals surface area contributed by atoms with E-state index in [0.29, 0.717) is 30.4 Å². The van der Waals surface area contributed by atoms with Crippen LogP contribution in [0, 0.1) is 6.92 Å². The van der Waals surface area contributed by atoms with E-state index in [0.717, 1.165) is 0 Å². The summed E-state index contributed by atoms with van der Waals surface area (Å²) in [6.07, 6.45) is 0.525. The Bertz CT molecular complexity index is 710. The van der Waals surface area contributed by atoms with Gasteiger partial charge < -0.3 is 9.84 Å². The van der Waals surface area contributed by atoms with Gasteiger partial charge in [0.25, 0.3) is 0 Å². The van der Waals surface area contributed by atoms with Crippen molar-refractivity contribution in [2.75, 3.05) is 26.0 Å². The fourth-order valence-electron chi connectivity index (χ4n) is 1.78. The van der Waals surface area contributed by atoms with Gasteiger partial charge in [-0.25, -0.2) is 12.7 Å². The topological polar surface area (TPSA) is 88.3 Å². The third kappa shape index (κ3) is 3.59. The second-order valence-electron chi connectivity index (χ2n) is 4.70. The van der Waals surface area contributed by atoms with Gasteiger partial charge in [0.05, 0.1) is 5.69 Å². The molecule has 0 spiro atoms. The molecule has 114 valence electrons. The van der Waals surface area contributed by atoms with Crippen LogP contribution in [-0.4, -0.2) is 43.5 Å². The molecule has 0 fully saturated rings. The van der Waals surface area contributed by atoms with Crippen molar-refractivity contribution in [3.8, 4) is 0 Å². The van der Waals surface area contributed by atoms with Crippen LogP contribution in [0.3, 0.4) is 0 Å². The van der Waals surface area contributed by atoms with Crippen LogP contribution in [0.25, 0.3) is 0 Å². The summed E-state index contributed by atoms with van der Waals surface area (Å²) < 4.78 is 30.7. The Morgan fingerprint density at radius 2 is 2.00 bits per heavy atom. The Kier molecular flexibility index (Phi) is 4.59. The van der Waals surface area contributed by atoms with Gasteiger partial charge in [-0.2, -0.15) is 4.98 Å². The van der Waals surface area contributed by atoms with Crippen molar-refractivity contribution in [3.63, 3.8) is 0 Å². The first-order valence-corrected chi connectivity index (χ1v) is 7.90. The minimum absolute atomic E-state index is 0.247. The molecule has 0 bridgehead atoms. The van der Waals surface area contributed by atoms with Gasteiger partial charge in [0, 0.05) is 27.1 Å². The number of hydrogen-bond donors (Lipinski definition) is 1. The molecule has 0 atom stereocenters. The lowest BCUT2D eigenvalue weighted by Crippen LogP contribution is -2.23. The van der Waals surface area contributed by atoms with Crippen molar-refractivity contribution in [3.05, 3.63) is 36.0 Å². The summed E-state index contributed by atoms with van der Waals surface area (Å²) in [4.78, 5) is 4.34. The molecular formula is C13H18N4O3S. The largest absolute Gasteiger partial charge is 0.383 e. The lowest BCUT2D eigenvalue weighted by Gasteiger charge is -2.15. The van der Waals surface area contributed by atoms with Gasteiger partial charge in [-0.1, -0.05) is 17.3 Å². The highest BCUT2D eigenvalue weighted by Gasteiger charge is 2.20. The first-order chi connectivity index (χ1) is 9.91. The molecule has 21 heavy (non-hydrogen) atoms. The third-order valence-electron chi connectivity index (χ3n) is 2.87. The molecule has 2 aromatic rings. The van der Waals surface area contributed by atoms with E-state index < -0.39 is 10.0 Å². The average molecular weight is 310 g/mol. The van der Waals surface area contributed by atoms with Crippen LogP contribution in [0.15, 0.2) is 33.7 Å². The molecule has 1 N–H and O–H groups in total. The predicted molar refractivity (Wildman–Crippen MR) is 78.5 cm³/mol. The molecule has 1 aromatic heterocycles. The summed E-state index contributed by atoms with van der Waals surface area (Å²) in [6, 6.07) is 6.79. The number of nitrogens with one attached hydrogen (secondary N) is 1. The molecule has 0 saturated heterocycles. The van der Waals surface area contributed by atoms with Crippen LogP contribution >= 0.6 is 0 Å². The Balaban J connectivity index is 2.10. The first kappa shape index (κ1) is 15.5. The normalized spacial score (nSPS) is 11.8. The van der Waals surface area contributed by atoms with E-state index in [1.54, 1.807) is 31.2 Å². The summed E-state index contributed by atoms with van der Waals surface area (Å²) >= 11 is 0. The zero-order valence-electron chi connectivity index (χ0n) is 12.2. The van der Waals surface area contributed by atoms with Crippen LogP contribution < -0.4 is 5.32 Å². The summed E-state index contributed by atoms with van der Waals surface area (Å²) in [5.41, 5.74) is 0.558. The molecule has 1 heterocycles. The molecule has 7 nitrogen and oxygen atoms in total. The highest BCUT2D eigenvalue weighted by molar-refractivity contribution is 7.89. The standard InChI is InChI=1S/C13H18N4O3S/c1-10-15-13(20-16-10)8-9-14-11-6-4-5-7-12(11)21(18,19)17(2)3/h4-7,14H,8-9H2,1-3H3. The van der Waals surface area contributed by atoms with Crippen molar-refractivity contribution < 1.29 is 12.9 Å². The van der Waals surface area contributed by atoms with E-state index >= 15 is 0 Å². The number of aryl methyl sites for hydroxylation is 1. The highest BCUT2D eigenvalue weighted by Crippen LogP contribution is 2.22. The molecule has 1 aromatic carbocycles. The Morgan fingerprint density at radius 3 is 2.62 bits per heavy atom. The monoisotopic (exact) mass is 310 g/mol. The highest BCUT2D eigenvalue weighted by atomic mass is 32.2. The van der Waals surface area contributed by atoms with Crippen molar-refractivity contribution in [1.82, 2.24) is 14.4 Å². The summed E-state index contributed by atoms with van der Waals surface area (Å²) in [7, 11) is -0.465. The maximum atomic E-state index is 12.2. The first-order valence-electron chi connectivity index (χ1n) is 6.46. The van der Waals surface area contributed by atoms with E-state index in [-0.39, 0.29) is 4.90 Å². The quantitative estimate of drug-likeness (QED) is 0.864. The molecule has 0 amide bonds. The maximum absolute atomic E-state index is 12.2. The zero-order chi connectivity index (χ0) is 15.5. The van der Waals surface area contributed by atoms with E-state index in [1.165, 1.54) is 18.4 Å². The molecule has 0 aliphatic carbocycles. The number of sulfonamides is 1. The lowest BCUT2D eigenvalue weighted by atomic mass is 10.3. The molecule has 0 aliphatic heterocycles. The number of anilines is 1. The van der Waals surface area contributed by atoms with Crippen molar-refractivity contribution >= 4 is 15.7 Å². The lowest BCUT2D eigenvalue weighted by molar-refractivity contribution is 0.377. The number of rotatable bonds is 6. The minimum Gasteiger partial charge on any atom is -0.383 e. The Hall–Kier alpha value is -1.93. The number of hydrogen-bond acceptors (Lipinski definition) is 6. The van der Waals surface area contributed by atoms with Gasteiger partial charge in [0.1, 0.15) is 4.90 Å². The third-order valence-corrected chi connectivity index (χ3v) is 4.74. The molecule has 0 saturated carbocycles. The van der Waals surface area contributed by atoms with Crippen LogP contribution in [0.5, 0.6) is 0 Å². The Morgan fingerprint density at radius 1 is 1.29 bits per heavy atom. The average Bonchev–Trinajstić information content (AvgIpc) is 2.85. The predicted octanol–water partition coefficient (Wildman–Crippen LogP) is 1.28. The molecule has 8 heteroatoms. The summed E-state index contributed by atoms with van der Waals surface area (Å²) in [5, 5.41) is 6.80. The van der Waals surface area contributed by atoms with E-state index in [4.69, 9.17) is 4.52 Å². The molecule has 0 aliphatic rings. The molecule has 2 rings (SSSR count). The van der Waals surface area contributed by atoms with Gasteiger partial charge in [0.15, 0.2) is 5.82 Å². The number of nitrogens with zero attached hydrogens (tertiary/aromatic N) is 3. The van der Waals surface area contributed by atoms with Gasteiger partial charge in [-0.3, -0.25) is 0 Å². The van der Waals surface area contributed by atoms with Gasteiger partial charge in [0.2, 0.25) is 15.9 Å². The van der Waals surface area contributed by atoms with E-state index in [1.807, 2.05) is 0 Å². The van der Waals surface area contributed by atoms with Crippen molar-refractivity contribution in [2.45, 2.75) is 18.2 Å². The minimum atomic E-state index is -3.48. The number of aromatic nitrogens is 2. The maximum Gasteiger partial charge on any atom is 0.244 e. The Labute approximate surface area is 124 Å². The van der Waals surface area contributed by atoms with Gasteiger partial charge >= 0.3 is 0 Å². The second-order valence-corrected chi connectivity index (χ2v) is 6.82. The summed E-state index contributed by atoms with van der Waals surface area (Å²) in [5.74, 6) is 1.11. The fourth-order valence-corrected chi connectivity index (χ4v) is 2.84. The van der Waals surface area contributed by atoms with Crippen LogP contribution in [0.2, 0.25) is 0 Å². The molecular weight excluding hydrogens is 292 g/mol. The van der Waals surface area contributed by atoms with Gasteiger partial charge in [-0.15, -0.1) is 0 Å². The van der Waals surface area contributed by atoms with Gasteiger partial charge in [-0.05, 0) is 19.1 Å². The smallest absolute Gasteiger partial charge is 0.244 e. The SMILES string of the molecule is Cc1noc(CCNc2ccccc2S(=O)(=O)N(C)C)n1. The molecule has 0 radical (unpaired) electrons. The number of benzene rings is 1. The summed E-state index contributed by atoms with van der Waals surface area (Å²) in [6.45, 7) is 2.25. The van der Waals surface area contributed by atoms with Crippen molar-refractivity contribution in [2.24, 2.45) is 0 Å². The van der Waals surface area contributed by atoms with Crippen LogP contribution in [0.4, 0.5) is 5.69 Å². The van der Waals surface area contributed by atoms with E-state index in [2.05, 4.69) is 15.5 Å². The van der Waals surface area contributed by atoms with Crippen molar-refractivity contribution in [1.29, 1.82) is 0 Å². The second kappa shape index (κ2) is 6.23.